The van der Waals surface area contributed by atoms with Crippen LogP contribution in [0.1, 0.15) is 18.1 Å². The number of sulfone groups is 1. The van der Waals surface area contributed by atoms with Crippen molar-refractivity contribution in [3.63, 3.8) is 0 Å². The second-order valence-electron chi connectivity index (χ2n) is 7.52. The molecule has 3 heterocycles. The Balaban J connectivity index is 1.53. The molecule has 1 aromatic heterocycles. The van der Waals surface area contributed by atoms with Gasteiger partial charge in [-0.05, 0) is 19.1 Å². The molecule has 0 spiro atoms. The lowest BCUT2D eigenvalue weighted by molar-refractivity contribution is -0.134. The van der Waals surface area contributed by atoms with Gasteiger partial charge < -0.3 is 4.90 Å². The molecule has 2 aliphatic rings. The highest BCUT2D eigenvalue weighted by Gasteiger charge is 2.47. The van der Waals surface area contributed by atoms with Crippen LogP contribution in [0.2, 0.25) is 0 Å². The first-order valence-corrected chi connectivity index (χ1v) is 11.0. The number of aryl methyl sites for hydroxylation is 1. The number of piperazine rings is 1. The number of carbonyl (C=O) groups is 1. The molecule has 4 rings (SSSR count). The van der Waals surface area contributed by atoms with E-state index < -0.39 is 9.84 Å². The molecule has 2 saturated heterocycles. The van der Waals surface area contributed by atoms with Crippen LogP contribution in [0.4, 0.5) is 0 Å². The summed E-state index contributed by atoms with van der Waals surface area (Å²) in [5.41, 5.74) is 3.23. The van der Waals surface area contributed by atoms with Crippen molar-refractivity contribution in [2.45, 2.75) is 32.5 Å². The third kappa shape index (κ3) is 3.64. The third-order valence-electron chi connectivity index (χ3n) is 5.52. The van der Waals surface area contributed by atoms with E-state index in [-0.39, 0.29) is 29.5 Å². The van der Waals surface area contributed by atoms with Crippen molar-refractivity contribution in [2.24, 2.45) is 0 Å². The van der Waals surface area contributed by atoms with Crippen LogP contribution in [0.15, 0.2) is 36.7 Å². The van der Waals surface area contributed by atoms with E-state index in [1.54, 1.807) is 4.90 Å². The molecule has 2 atom stereocenters. The molecule has 144 valence electrons. The molecule has 0 N–H and O–H groups in total. The lowest BCUT2D eigenvalue weighted by Crippen LogP contribution is -2.59. The van der Waals surface area contributed by atoms with Gasteiger partial charge >= 0.3 is 0 Å². The Kier molecular flexibility index (Phi) is 4.55. The molecular formula is C19H24N4O3S. The smallest absolute Gasteiger partial charge is 0.219 e. The molecule has 1 amide bonds. The summed E-state index contributed by atoms with van der Waals surface area (Å²) >= 11 is 0. The van der Waals surface area contributed by atoms with Gasteiger partial charge in [0.15, 0.2) is 9.84 Å². The van der Waals surface area contributed by atoms with Crippen LogP contribution >= 0.6 is 0 Å². The lowest BCUT2D eigenvalue weighted by atomic mass is 10.0. The molecule has 2 aromatic rings. The highest BCUT2D eigenvalue weighted by Crippen LogP contribution is 2.28. The number of hydrogen-bond acceptors (Lipinski definition) is 5. The average molecular weight is 388 g/mol. The molecule has 27 heavy (non-hydrogen) atoms. The van der Waals surface area contributed by atoms with Crippen molar-refractivity contribution < 1.29 is 13.2 Å². The monoisotopic (exact) mass is 388 g/mol. The van der Waals surface area contributed by atoms with Gasteiger partial charge in [0.25, 0.3) is 0 Å². The van der Waals surface area contributed by atoms with E-state index in [0.717, 1.165) is 11.3 Å². The topological polar surface area (TPSA) is 75.5 Å². The van der Waals surface area contributed by atoms with Crippen LogP contribution in [-0.4, -0.2) is 70.6 Å². The summed E-state index contributed by atoms with van der Waals surface area (Å²) in [4.78, 5) is 15.8. The minimum atomic E-state index is -3.12. The number of amides is 1. The summed E-state index contributed by atoms with van der Waals surface area (Å²) < 4.78 is 26.2. The zero-order valence-electron chi connectivity index (χ0n) is 15.6. The van der Waals surface area contributed by atoms with Crippen LogP contribution < -0.4 is 0 Å². The van der Waals surface area contributed by atoms with Crippen LogP contribution in [0, 0.1) is 6.92 Å². The maximum absolute atomic E-state index is 12.2. The zero-order valence-corrected chi connectivity index (χ0v) is 16.4. The summed E-state index contributed by atoms with van der Waals surface area (Å²) in [6, 6.07) is 7.76. The van der Waals surface area contributed by atoms with Crippen molar-refractivity contribution in [2.75, 3.05) is 24.6 Å². The Morgan fingerprint density at radius 3 is 2.56 bits per heavy atom. The first-order chi connectivity index (χ1) is 12.8. The molecule has 7 nitrogen and oxygen atoms in total. The standard InChI is InChI=1S/C19H24N4O3S/c1-14-3-5-17(6-4-14)23-11-16(9-20-23)10-21-7-8-22(15(2)24)19-13-27(25,26)12-18(19)21/h3-6,9,11,18-19H,7-8,10,12-13H2,1-2H3/t18-,19+/m1/s1. The molecule has 2 aliphatic heterocycles. The number of benzene rings is 1. The normalized spacial score (nSPS) is 24.7. The van der Waals surface area contributed by atoms with Crippen molar-refractivity contribution in [3.05, 3.63) is 47.8 Å². The Labute approximate surface area is 159 Å². The summed E-state index contributed by atoms with van der Waals surface area (Å²) in [6.07, 6.45) is 3.82. The Morgan fingerprint density at radius 2 is 1.85 bits per heavy atom. The SMILES string of the molecule is CC(=O)N1CCN(Cc2cnn(-c3ccc(C)cc3)c2)[C@@H]2CS(=O)(=O)C[C@@H]21. The van der Waals surface area contributed by atoms with Crippen molar-refractivity contribution in [3.8, 4) is 5.69 Å². The first-order valence-electron chi connectivity index (χ1n) is 9.15. The molecule has 2 fully saturated rings. The highest BCUT2D eigenvalue weighted by atomic mass is 32.2. The van der Waals surface area contributed by atoms with E-state index in [4.69, 9.17) is 0 Å². The molecule has 0 unspecified atom stereocenters. The van der Waals surface area contributed by atoms with Gasteiger partial charge in [-0.15, -0.1) is 0 Å². The van der Waals surface area contributed by atoms with E-state index in [0.29, 0.717) is 19.6 Å². The second kappa shape index (κ2) is 6.76. The number of hydrogen-bond donors (Lipinski definition) is 0. The van der Waals surface area contributed by atoms with Crippen LogP contribution in [0.3, 0.4) is 0 Å². The predicted octanol–water partition coefficient (Wildman–Crippen LogP) is 1.01. The quantitative estimate of drug-likeness (QED) is 0.785. The molecular weight excluding hydrogens is 364 g/mol. The fourth-order valence-electron chi connectivity index (χ4n) is 4.13. The Bertz CT molecular complexity index is 952. The second-order valence-corrected chi connectivity index (χ2v) is 9.68. The summed E-state index contributed by atoms with van der Waals surface area (Å²) in [5, 5.41) is 4.45. The first kappa shape index (κ1) is 18.2. The van der Waals surface area contributed by atoms with Gasteiger partial charge in [-0.1, -0.05) is 17.7 Å². The number of aromatic nitrogens is 2. The lowest BCUT2D eigenvalue weighted by Gasteiger charge is -2.43. The van der Waals surface area contributed by atoms with Gasteiger partial charge in [0.1, 0.15) is 0 Å². The van der Waals surface area contributed by atoms with Gasteiger partial charge in [0.05, 0.1) is 29.4 Å². The summed E-state index contributed by atoms with van der Waals surface area (Å²) in [7, 11) is -3.12. The van der Waals surface area contributed by atoms with E-state index in [1.807, 2.05) is 48.3 Å². The van der Waals surface area contributed by atoms with Gasteiger partial charge in [0.2, 0.25) is 5.91 Å². The molecule has 0 aliphatic carbocycles. The summed E-state index contributed by atoms with van der Waals surface area (Å²) in [6.45, 7) is 5.44. The predicted molar refractivity (Wildman–Crippen MR) is 102 cm³/mol. The van der Waals surface area contributed by atoms with Crippen molar-refractivity contribution >= 4 is 15.7 Å². The maximum atomic E-state index is 12.2. The largest absolute Gasteiger partial charge is 0.336 e. The fraction of sp³-hybridized carbons (Fsp3) is 0.474. The molecule has 8 heteroatoms. The average Bonchev–Trinajstić information content (AvgIpc) is 3.19. The minimum absolute atomic E-state index is 0.0473. The number of nitrogens with zero attached hydrogens (tertiary/aromatic N) is 4. The molecule has 1 aromatic carbocycles. The van der Waals surface area contributed by atoms with Gasteiger partial charge in [-0.3, -0.25) is 9.69 Å². The van der Waals surface area contributed by atoms with E-state index in [9.17, 15) is 13.2 Å². The van der Waals surface area contributed by atoms with Gasteiger partial charge in [-0.2, -0.15) is 5.10 Å². The van der Waals surface area contributed by atoms with E-state index >= 15 is 0 Å². The maximum Gasteiger partial charge on any atom is 0.219 e. The highest BCUT2D eigenvalue weighted by molar-refractivity contribution is 7.91. The molecule has 0 radical (unpaired) electrons. The third-order valence-corrected chi connectivity index (χ3v) is 7.21. The number of rotatable bonds is 3. The van der Waals surface area contributed by atoms with Crippen molar-refractivity contribution in [1.82, 2.24) is 19.6 Å². The zero-order chi connectivity index (χ0) is 19.2. The Hall–Kier alpha value is -2.19. The fourth-order valence-corrected chi connectivity index (χ4v) is 6.14. The molecule has 0 saturated carbocycles. The number of carbonyl (C=O) groups excluding carboxylic acids is 1. The molecule has 0 bridgehead atoms. The van der Waals surface area contributed by atoms with E-state index in [1.165, 1.54) is 12.5 Å². The van der Waals surface area contributed by atoms with Crippen LogP contribution in [0.5, 0.6) is 0 Å². The van der Waals surface area contributed by atoms with Crippen LogP contribution in [0.25, 0.3) is 5.69 Å². The minimum Gasteiger partial charge on any atom is -0.336 e. The Morgan fingerprint density at radius 1 is 1.15 bits per heavy atom. The van der Waals surface area contributed by atoms with Gasteiger partial charge in [-0.25, -0.2) is 13.1 Å². The van der Waals surface area contributed by atoms with Gasteiger partial charge in [0, 0.05) is 44.4 Å². The van der Waals surface area contributed by atoms with E-state index in [2.05, 4.69) is 10.00 Å². The van der Waals surface area contributed by atoms with Crippen molar-refractivity contribution in [1.29, 1.82) is 0 Å². The summed E-state index contributed by atoms with van der Waals surface area (Å²) in [5.74, 6) is 0.137. The van der Waals surface area contributed by atoms with Crippen LogP contribution in [-0.2, 0) is 21.2 Å². The number of fused-ring (bicyclic) bond motifs is 1.